The number of ketones is 1. The van der Waals surface area contributed by atoms with Gasteiger partial charge in [0.1, 0.15) is 17.4 Å². The number of Topliss-reactive ketones (excluding diaryl/α,β-unsaturated/α-hetero) is 1. The van der Waals surface area contributed by atoms with E-state index in [0.717, 1.165) is 12.1 Å². The number of hydrogen-bond acceptors (Lipinski definition) is 2. The van der Waals surface area contributed by atoms with E-state index >= 15 is 0 Å². The molecule has 0 aliphatic carbocycles. The summed E-state index contributed by atoms with van der Waals surface area (Å²) in [5.41, 5.74) is 0.216. The van der Waals surface area contributed by atoms with Gasteiger partial charge in [-0.15, -0.1) is 0 Å². The number of carboxylic acids is 1. The van der Waals surface area contributed by atoms with Gasteiger partial charge in [-0.3, -0.25) is 9.59 Å². The summed E-state index contributed by atoms with van der Waals surface area (Å²) in [6.45, 7) is 0. The molecule has 0 unspecified atom stereocenters. The van der Waals surface area contributed by atoms with Gasteiger partial charge in [0.25, 0.3) is 0 Å². The van der Waals surface area contributed by atoms with Crippen LogP contribution in [0.15, 0.2) is 18.2 Å². The van der Waals surface area contributed by atoms with E-state index in [4.69, 9.17) is 5.11 Å². The largest absolute Gasteiger partial charge is 0.481 e. The molecule has 0 saturated carbocycles. The molecule has 1 N–H and O–H groups in total. The third-order valence-corrected chi connectivity index (χ3v) is 1.94. The van der Waals surface area contributed by atoms with Gasteiger partial charge in [0.15, 0.2) is 0 Å². The summed E-state index contributed by atoms with van der Waals surface area (Å²) in [7, 11) is 0. The summed E-state index contributed by atoms with van der Waals surface area (Å²) >= 11 is 0. The first-order chi connectivity index (χ1) is 7.47. The molecule has 1 rings (SSSR count). The highest BCUT2D eigenvalue weighted by Gasteiger charge is 2.08. The molecule has 0 atom stereocenters. The van der Waals surface area contributed by atoms with E-state index in [-0.39, 0.29) is 30.6 Å². The predicted molar refractivity (Wildman–Crippen MR) is 51.9 cm³/mol. The minimum Gasteiger partial charge on any atom is -0.481 e. The summed E-state index contributed by atoms with van der Waals surface area (Å²) in [5.74, 6) is -2.92. The topological polar surface area (TPSA) is 54.4 Å². The van der Waals surface area contributed by atoms with E-state index in [0.29, 0.717) is 6.07 Å². The molecule has 1 aromatic rings. The van der Waals surface area contributed by atoms with Gasteiger partial charge in [0.2, 0.25) is 0 Å². The Labute approximate surface area is 90.7 Å². The molecule has 0 aliphatic rings. The number of aliphatic carboxylic acids is 1. The van der Waals surface area contributed by atoms with Gasteiger partial charge in [-0.1, -0.05) is 0 Å². The maximum Gasteiger partial charge on any atom is 0.303 e. The minimum atomic E-state index is -1.07. The minimum absolute atomic E-state index is 0.131. The molecular weight excluding hydrogens is 218 g/mol. The summed E-state index contributed by atoms with van der Waals surface area (Å²) in [5, 5.41) is 8.34. The van der Waals surface area contributed by atoms with Crippen molar-refractivity contribution in [3.63, 3.8) is 0 Å². The van der Waals surface area contributed by atoms with Crippen molar-refractivity contribution in [1.29, 1.82) is 0 Å². The van der Waals surface area contributed by atoms with Crippen molar-refractivity contribution in [3.05, 3.63) is 35.4 Å². The zero-order valence-corrected chi connectivity index (χ0v) is 8.37. The molecule has 5 heteroatoms. The first-order valence-corrected chi connectivity index (χ1v) is 4.66. The van der Waals surface area contributed by atoms with Crippen LogP contribution in [0.3, 0.4) is 0 Å². The van der Waals surface area contributed by atoms with Crippen LogP contribution in [0.4, 0.5) is 8.78 Å². The van der Waals surface area contributed by atoms with Crippen molar-refractivity contribution in [2.75, 3.05) is 0 Å². The van der Waals surface area contributed by atoms with Gasteiger partial charge < -0.3 is 5.11 Å². The van der Waals surface area contributed by atoms with Gasteiger partial charge in [-0.05, 0) is 17.7 Å². The lowest BCUT2D eigenvalue weighted by atomic mass is 10.1. The molecule has 0 amide bonds. The molecule has 0 aromatic heterocycles. The average molecular weight is 228 g/mol. The number of carboxylic acid groups (broad SMARTS) is 1. The van der Waals surface area contributed by atoms with Crippen LogP contribution in [0.1, 0.15) is 18.4 Å². The molecule has 0 aliphatic heterocycles. The van der Waals surface area contributed by atoms with Gasteiger partial charge in [0, 0.05) is 18.9 Å². The highest BCUT2D eigenvalue weighted by atomic mass is 19.1. The highest BCUT2D eigenvalue weighted by Crippen LogP contribution is 2.10. The Balaban J connectivity index is 2.59. The Bertz CT molecular complexity index is 395. The summed E-state index contributed by atoms with van der Waals surface area (Å²) in [6.07, 6.45) is -0.550. The van der Waals surface area contributed by atoms with Gasteiger partial charge in [-0.25, -0.2) is 8.78 Å². The lowest BCUT2D eigenvalue weighted by Crippen LogP contribution is -2.06. The molecule has 0 radical (unpaired) electrons. The zero-order chi connectivity index (χ0) is 12.1. The van der Waals surface area contributed by atoms with Crippen LogP contribution < -0.4 is 0 Å². The van der Waals surface area contributed by atoms with Crippen molar-refractivity contribution in [3.8, 4) is 0 Å². The van der Waals surface area contributed by atoms with Crippen molar-refractivity contribution >= 4 is 11.8 Å². The molecule has 86 valence electrons. The predicted octanol–water partition coefficient (Wildman–Crippen LogP) is 1.94. The van der Waals surface area contributed by atoms with Crippen molar-refractivity contribution < 1.29 is 23.5 Å². The van der Waals surface area contributed by atoms with E-state index < -0.39 is 17.6 Å². The van der Waals surface area contributed by atoms with Gasteiger partial charge in [0.05, 0.1) is 6.42 Å². The molecule has 0 heterocycles. The fraction of sp³-hybridized carbons (Fsp3) is 0.273. The average Bonchev–Trinajstić information content (AvgIpc) is 2.12. The van der Waals surface area contributed by atoms with Gasteiger partial charge >= 0.3 is 5.97 Å². The first kappa shape index (κ1) is 12.3. The van der Waals surface area contributed by atoms with Crippen molar-refractivity contribution in [2.45, 2.75) is 19.3 Å². The van der Waals surface area contributed by atoms with Crippen LogP contribution in [0, 0.1) is 11.6 Å². The Hall–Kier alpha value is -1.78. The SMILES string of the molecule is O=C(O)CCC(=O)Cc1cc(F)cc(F)c1. The fourth-order valence-corrected chi connectivity index (χ4v) is 1.28. The van der Waals surface area contributed by atoms with Crippen LogP contribution in [0.25, 0.3) is 0 Å². The first-order valence-electron chi connectivity index (χ1n) is 4.66. The Morgan fingerprint density at radius 1 is 1.06 bits per heavy atom. The second-order valence-corrected chi connectivity index (χ2v) is 3.39. The monoisotopic (exact) mass is 228 g/mol. The Morgan fingerprint density at radius 2 is 1.62 bits per heavy atom. The number of hydrogen-bond donors (Lipinski definition) is 1. The summed E-state index contributed by atoms with van der Waals surface area (Å²) in [6, 6.07) is 2.83. The molecule has 3 nitrogen and oxygen atoms in total. The number of benzene rings is 1. The normalized spacial score (nSPS) is 10.1. The summed E-state index contributed by atoms with van der Waals surface area (Å²) in [4.78, 5) is 21.4. The van der Waals surface area contributed by atoms with Crippen molar-refractivity contribution in [2.24, 2.45) is 0 Å². The zero-order valence-electron chi connectivity index (χ0n) is 8.37. The molecule has 0 spiro atoms. The number of halogens is 2. The van der Waals surface area contributed by atoms with Crippen LogP contribution >= 0.6 is 0 Å². The number of carbonyl (C=O) groups excluding carboxylic acids is 1. The lowest BCUT2D eigenvalue weighted by Gasteiger charge is -2.01. The third-order valence-electron chi connectivity index (χ3n) is 1.94. The van der Waals surface area contributed by atoms with Crippen molar-refractivity contribution in [1.82, 2.24) is 0 Å². The molecule has 0 fully saturated rings. The molecule has 0 bridgehead atoms. The maximum absolute atomic E-state index is 12.7. The van der Waals surface area contributed by atoms with Crippen LogP contribution in [0.5, 0.6) is 0 Å². The molecule has 1 aromatic carbocycles. The highest BCUT2D eigenvalue weighted by molar-refractivity contribution is 5.84. The molecular formula is C11H10F2O3. The smallest absolute Gasteiger partial charge is 0.303 e. The standard InChI is InChI=1S/C11H10F2O3/c12-8-3-7(4-9(13)6-8)5-10(14)1-2-11(15)16/h3-4,6H,1-2,5H2,(H,15,16). The van der Waals surface area contributed by atoms with E-state index in [2.05, 4.69) is 0 Å². The van der Waals surface area contributed by atoms with E-state index in [1.807, 2.05) is 0 Å². The second kappa shape index (κ2) is 5.34. The maximum atomic E-state index is 12.7. The molecule has 0 saturated heterocycles. The van der Waals surface area contributed by atoms with E-state index in [1.54, 1.807) is 0 Å². The fourth-order valence-electron chi connectivity index (χ4n) is 1.28. The lowest BCUT2D eigenvalue weighted by molar-refractivity contribution is -0.138. The number of rotatable bonds is 5. The third kappa shape index (κ3) is 4.16. The Morgan fingerprint density at radius 3 is 2.12 bits per heavy atom. The van der Waals surface area contributed by atoms with E-state index in [9.17, 15) is 18.4 Å². The van der Waals surface area contributed by atoms with Crippen LogP contribution in [0.2, 0.25) is 0 Å². The number of carbonyl (C=O) groups is 2. The van der Waals surface area contributed by atoms with Gasteiger partial charge in [-0.2, -0.15) is 0 Å². The van der Waals surface area contributed by atoms with Crippen LogP contribution in [-0.2, 0) is 16.0 Å². The summed E-state index contributed by atoms with van der Waals surface area (Å²) < 4.78 is 25.5. The second-order valence-electron chi connectivity index (χ2n) is 3.39. The van der Waals surface area contributed by atoms with E-state index in [1.165, 1.54) is 0 Å². The quantitative estimate of drug-likeness (QED) is 0.837. The Kier molecular flexibility index (Phi) is 4.10. The molecule has 16 heavy (non-hydrogen) atoms. The van der Waals surface area contributed by atoms with Crippen LogP contribution in [-0.4, -0.2) is 16.9 Å².